The first kappa shape index (κ1) is 14.9. The molecule has 0 aromatic heterocycles. The molecule has 0 aliphatic heterocycles. The molecule has 0 radical (unpaired) electrons. The number of carbonyl (C=O) groups is 1. The van der Waals surface area contributed by atoms with Crippen LogP contribution in [0.1, 0.15) is 46.6 Å². The first-order valence-corrected chi connectivity index (χ1v) is 6.87. The Hall–Kier alpha value is -1.11. The number of ketones is 1. The van der Waals surface area contributed by atoms with E-state index in [0.717, 1.165) is 12.8 Å². The molecule has 0 bridgehead atoms. The van der Waals surface area contributed by atoms with Crippen molar-refractivity contribution in [2.75, 3.05) is 0 Å². The van der Waals surface area contributed by atoms with Gasteiger partial charge in [0.1, 0.15) is 5.78 Å². The Morgan fingerprint density at radius 3 is 2.11 bits per heavy atom. The Balaban J connectivity index is 2.81. The van der Waals surface area contributed by atoms with Crippen molar-refractivity contribution in [2.45, 2.75) is 47.5 Å². The highest BCUT2D eigenvalue weighted by atomic mass is 16.1. The van der Waals surface area contributed by atoms with Crippen molar-refractivity contribution in [3.05, 3.63) is 35.9 Å². The van der Waals surface area contributed by atoms with Gasteiger partial charge in [-0.15, -0.1) is 0 Å². The van der Waals surface area contributed by atoms with Crippen LogP contribution in [0.2, 0.25) is 0 Å². The number of Topliss-reactive ketones (excluding diaryl/α,β-unsaturated/α-hetero) is 1. The van der Waals surface area contributed by atoms with Gasteiger partial charge in [-0.05, 0) is 23.8 Å². The van der Waals surface area contributed by atoms with Gasteiger partial charge in [0.05, 0.1) is 0 Å². The summed E-state index contributed by atoms with van der Waals surface area (Å²) in [6, 6.07) is 10.3. The van der Waals surface area contributed by atoms with Crippen LogP contribution < -0.4 is 0 Å². The van der Waals surface area contributed by atoms with Crippen molar-refractivity contribution >= 4 is 5.78 Å². The molecule has 0 aliphatic rings. The average Bonchev–Trinajstić information content (AvgIpc) is 2.26. The van der Waals surface area contributed by atoms with E-state index in [1.165, 1.54) is 5.56 Å². The highest BCUT2D eigenvalue weighted by Crippen LogP contribution is 2.29. The van der Waals surface area contributed by atoms with E-state index in [4.69, 9.17) is 0 Å². The van der Waals surface area contributed by atoms with Gasteiger partial charge in [-0.25, -0.2) is 0 Å². The minimum Gasteiger partial charge on any atom is -0.299 e. The first-order chi connectivity index (χ1) is 8.29. The van der Waals surface area contributed by atoms with Gasteiger partial charge in [-0.3, -0.25) is 4.79 Å². The maximum atomic E-state index is 12.3. The standard InChI is InChI=1S/C17H26O/c1-13(2)16(18)15(12-17(3,4)5)11-14-9-7-6-8-10-14/h6-10,13,15H,11-12H2,1-5H3/t15-/m1/s1. The molecule has 0 aliphatic carbocycles. The minimum absolute atomic E-state index is 0.126. The molecule has 0 unspecified atom stereocenters. The molecule has 1 aromatic carbocycles. The van der Waals surface area contributed by atoms with E-state index in [0.29, 0.717) is 5.78 Å². The van der Waals surface area contributed by atoms with Crippen molar-refractivity contribution < 1.29 is 4.79 Å². The second-order valence-electron chi connectivity index (χ2n) is 6.71. The van der Waals surface area contributed by atoms with Crippen molar-refractivity contribution in [1.82, 2.24) is 0 Å². The quantitative estimate of drug-likeness (QED) is 0.747. The van der Waals surface area contributed by atoms with Crippen molar-refractivity contribution in [1.29, 1.82) is 0 Å². The fraction of sp³-hybridized carbons (Fsp3) is 0.588. The third-order valence-electron chi connectivity index (χ3n) is 3.16. The summed E-state index contributed by atoms with van der Waals surface area (Å²) in [4.78, 5) is 12.3. The van der Waals surface area contributed by atoms with Crippen LogP contribution in [-0.2, 0) is 11.2 Å². The molecule has 0 amide bonds. The fourth-order valence-electron chi connectivity index (χ4n) is 2.38. The topological polar surface area (TPSA) is 17.1 Å². The number of benzene rings is 1. The van der Waals surface area contributed by atoms with Gasteiger partial charge < -0.3 is 0 Å². The molecule has 0 saturated carbocycles. The lowest BCUT2D eigenvalue weighted by Gasteiger charge is -2.26. The summed E-state index contributed by atoms with van der Waals surface area (Å²) in [7, 11) is 0. The normalized spacial score (nSPS) is 13.7. The highest BCUT2D eigenvalue weighted by Gasteiger charge is 2.26. The molecule has 18 heavy (non-hydrogen) atoms. The lowest BCUT2D eigenvalue weighted by molar-refractivity contribution is -0.126. The molecule has 1 aromatic rings. The summed E-state index contributed by atoms with van der Waals surface area (Å²) < 4.78 is 0. The zero-order chi connectivity index (χ0) is 13.8. The fourth-order valence-corrected chi connectivity index (χ4v) is 2.38. The summed E-state index contributed by atoms with van der Waals surface area (Å²) in [5.74, 6) is 0.669. The molecule has 1 heteroatoms. The van der Waals surface area contributed by atoms with Crippen LogP contribution in [0.4, 0.5) is 0 Å². The second-order valence-corrected chi connectivity index (χ2v) is 6.71. The highest BCUT2D eigenvalue weighted by molar-refractivity contribution is 5.83. The summed E-state index contributed by atoms with van der Waals surface area (Å²) >= 11 is 0. The monoisotopic (exact) mass is 246 g/mol. The van der Waals surface area contributed by atoms with Crippen LogP contribution in [0, 0.1) is 17.3 Å². The molecule has 100 valence electrons. The minimum atomic E-state index is 0.126. The van der Waals surface area contributed by atoms with E-state index in [-0.39, 0.29) is 17.3 Å². The number of carbonyl (C=O) groups excluding carboxylic acids is 1. The molecule has 0 spiro atoms. The maximum Gasteiger partial charge on any atom is 0.138 e. The third kappa shape index (κ3) is 5.03. The second kappa shape index (κ2) is 6.17. The molecule has 1 atom stereocenters. The lowest BCUT2D eigenvalue weighted by atomic mass is 9.78. The van der Waals surface area contributed by atoms with E-state index in [1.54, 1.807) is 0 Å². The van der Waals surface area contributed by atoms with E-state index in [2.05, 4.69) is 32.9 Å². The molecular weight excluding hydrogens is 220 g/mol. The SMILES string of the molecule is CC(C)C(=O)[C@H](Cc1ccccc1)CC(C)(C)C. The van der Waals surface area contributed by atoms with Crippen LogP contribution >= 0.6 is 0 Å². The smallest absolute Gasteiger partial charge is 0.138 e. The van der Waals surface area contributed by atoms with Crippen molar-refractivity contribution in [3.8, 4) is 0 Å². The van der Waals surface area contributed by atoms with Gasteiger partial charge in [-0.1, -0.05) is 65.0 Å². The van der Waals surface area contributed by atoms with Gasteiger partial charge in [-0.2, -0.15) is 0 Å². The summed E-state index contributed by atoms with van der Waals surface area (Å²) in [5, 5.41) is 0. The van der Waals surface area contributed by atoms with Gasteiger partial charge in [0.2, 0.25) is 0 Å². The van der Waals surface area contributed by atoms with Crippen molar-refractivity contribution in [3.63, 3.8) is 0 Å². The summed E-state index contributed by atoms with van der Waals surface area (Å²) in [6.07, 6.45) is 1.83. The predicted octanol–water partition coefficient (Wildman–Crippen LogP) is 4.51. The number of hydrogen-bond acceptors (Lipinski definition) is 1. The summed E-state index contributed by atoms with van der Waals surface area (Å²) in [6.45, 7) is 10.6. The first-order valence-electron chi connectivity index (χ1n) is 6.87. The molecule has 0 N–H and O–H groups in total. The van der Waals surface area contributed by atoms with Gasteiger partial charge in [0, 0.05) is 11.8 Å². The Morgan fingerprint density at radius 2 is 1.67 bits per heavy atom. The van der Waals surface area contributed by atoms with Gasteiger partial charge >= 0.3 is 0 Å². The zero-order valence-corrected chi connectivity index (χ0v) is 12.4. The Labute approximate surface area is 112 Å². The van der Waals surface area contributed by atoms with E-state index in [9.17, 15) is 4.79 Å². The van der Waals surface area contributed by atoms with Crippen LogP contribution in [0.5, 0.6) is 0 Å². The van der Waals surface area contributed by atoms with E-state index >= 15 is 0 Å². The maximum absolute atomic E-state index is 12.3. The van der Waals surface area contributed by atoms with Gasteiger partial charge in [0.15, 0.2) is 0 Å². The molecular formula is C17H26O. The van der Waals surface area contributed by atoms with Gasteiger partial charge in [0.25, 0.3) is 0 Å². The molecule has 1 rings (SSSR count). The van der Waals surface area contributed by atoms with Crippen LogP contribution in [0.25, 0.3) is 0 Å². The molecule has 0 fully saturated rings. The Kier molecular flexibility index (Phi) is 5.13. The van der Waals surface area contributed by atoms with E-state index in [1.807, 2.05) is 32.0 Å². The Bertz CT molecular complexity index is 370. The molecule has 0 heterocycles. The van der Waals surface area contributed by atoms with Crippen LogP contribution in [-0.4, -0.2) is 5.78 Å². The third-order valence-corrected chi connectivity index (χ3v) is 3.16. The van der Waals surface area contributed by atoms with Crippen molar-refractivity contribution in [2.24, 2.45) is 17.3 Å². The van der Waals surface area contributed by atoms with Crippen LogP contribution in [0.3, 0.4) is 0 Å². The Morgan fingerprint density at radius 1 is 1.11 bits per heavy atom. The number of hydrogen-bond donors (Lipinski definition) is 0. The number of rotatable bonds is 5. The summed E-state index contributed by atoms with van der Waals surface area (Å²) in [5.41, 5.74) is 1.46. The lowest BCUT2D eigenvalue weighted by Crippen LogP contribution is -2.26. The van der Waals surface area contributed by atoms with E-state index < -0.39 is 0 Å². The molecule has 1 nitrogen and oxygen atoms in total. The molecule has 0 saturated heterocycles. The van der Waals surface area contributed by atoms with Crippen LogP contribution in [0.15, 0.2) is 30.3 Å². The largest absolute Gasteiger partial charge is 0.299 e. The zero-order valence-electron chi connectivity index (χ0n) is 12.4. The predicted molar refractivity (Wildman–Crippen MR) is 77.6 cm³/mol. The average molecular weight is 246 g/mol.